The van der Waals surface area contributed by atoms with Gasteiger partial charge < -0.3 is 5.11 Å². The summed E-state index contributed by atoms with van der Waals surface area (Å²) in [5.74, 6) is 0. The lowest BCUT2D eigenvalue weighted by molar-refractivity contribution is -0.385. The maximum absolute atomic E-state index is 10.6. The third-order valence-electron chi connectivity index (χ3n) is 1.72. The Morgan fingerprint density at radius 1 is 1.47 bits per heavy atom. The van der Waals surface area contributed by atoms with Crippen molar-refractivity contribution >= 4 is 29.1 Å². The van der Waals surface area contributed by atoms with Crippen LogP contribution in [-0.2, 0) is 4.79 Å². The molecule has 0 aliphatic carbocycles. The zero-order chi connectivity index (χ0) is 11.4. The first-order valence-electron chi connectivity index (χ1n) is 3.81. The highest BCUT2D eigenvalue weighted by molar-refractivity contribution is 6.31. The maximum Gasteiger partial charge on any atom is 0.278 e. The summed E-state index contributed by atoms with van der Waals surface area (Å²) >= 11 is 5.56. The Bertz CT molecular complexity index is 442. The number of halogens is 1. The molecule has 1 rings (SSSR count). The van der Waals surface area contributed by atoms with E-state index in [1.54, 1.807) is 0 Å². The van der Waals surface area contributed by atoms with Gasteiger partial charge in [-0.15, -0.1) is 6.26 Å². The lowest BCUT2D eigenvalue weighted by Crippen LogP contribution is -1.99. The first-order chi connectivity index (χ1) is 7.10. The lowest BCUT2D eigenvalue weighted by atomic mass is 10.1. The highest BCUT2D eigenvalue weighted by atomic mass is 35.5. The van der Waals surface area contributed by atoms with Gasteiger partial charge in [0.25, 0.3) is 5.69 Å². The molecule has 0 aromatic heterocycles. The number of aldehydes is 1. The van der Waals surface area contributed by atoms with Crippen LogP contribution >= 0.6 is 11.6 Å². The van der Waals surface area contributed by atoms with E-state index in [0.717, 1.165) is 6.07 Å². The molecule has 0 aliphatic rings. The van der Waals surface area contributed by atoms with E-state index in [4.69, 9.17) is 11.6 Å². The topological polar surface area (TPSA) is 83.3 Å². The minimum absolute atomic E-state index is 0.0330. The Morgan fingerprint density at radius 3 is 2.60 bits per heavy atom. The molecule has 78 valence electrons. The average Bonchev–Trinajstić information content (AvgIpc) is 2.21. The fourth-order valence-corrected chi connectivity index (χ4v) is 1.22. The number of nitrogens with zero attached hydrogens (tertiary/aromatic N) is 1. The Kier molecular flexibility index (Phi) is 3.41. The van der Waals surface area contributed by atoms with Gasteiger partial charge in [-0.1, -0.05) is 11.6 Å². The quantitative estimate of drug-likeness (QED) is 0.254. The van der Waals surface area contributed by atoms with E-state index in [0.29, 0.717) is 0 Å². The van der Waals surface area contributed by atoms with Crippen LogP contribution in [0.2, 0.25) is 5.02 Å². The number of benzene rings is 1. The van der Waals surface area contributed by atoms with Crippen molar-refractivity contribution in [1.29, 1.82) is 0 Å². The molecule has 0 amide bonds. The molecule has 0 radical (unpaired) electrons. The van der Waals surface area contributed by atoms with Crippen molar-refractivity contribution in [2.24, 2.45) is 0 Å². The first-order valence-corrected chi connectivity index (χ1v) is 4.19. The van der Waals surface area contributed by atoms with Gasteiger partial charge in [-0.2, -0.15) is 0 Å². The van der Waals surface area contributed by atoms with Crippen molar-refractivity contribution < 1.29 is 14.8 Å². The van der Waals surface area contributed by atoms with E-state index in [9.17, 15) is 20.0 Å². The van der Waals surface area contributed by atoms with Crippen LogP contribution in [0.3, 0.4) is 0 Å². The van der Waals surface area contributed by atoms with E-state index in [-0.39, 0.29) is 34.4 Å². The molecule has 0 N–H and O–H groups in total. The molecule has 0 fully saturated rings. The van der Waals surface area contributed by atoms with Gasteiger partial charge in [0, 0.05) is 16.7 Å². The number of nitro benzene ring substituents is 1. The van der Waals surface area contributed by atoms with Crippen molar-refractivity contribution in [1.82, 2.24) is 0 Å². The lowest BCUT2D eigenvalue weighted by Gasteiger charge is -2.04. The van der Waals surface area contributed by atoms with E-state index < -0.39 is 4.92 Å². The van der Waals surface area contributed by atoms with Gasteiger partial charge in [-0.3, -0.25) is 14.9 Å². The molecule has 0 atom stereocenters. The van der Waals surface area contributed by atoms with E-state index in [1.807, 2.05) is 0 Å². The van der Waals surface area contributed by atoms with Crippen LogP contribution in [0.25, 0.3) is 5.57 Å². The second-order valence-electron chi connectivity index (χ2n) is 2.61. The van der Waals surface area contributed by atoms with Crippen LogP contribution in [0.5, 0.6) is 0 Å². The monoisotopic (exact) mass is 226 g/mol. The summed E-state index contributed by atoms with van der Waals surface area (Å²) in [5, 5.41) is 21.3. The normalized spacial score (nSPS) is 11.1. The number of rotatable bonds is 3. The summed E-state index contributed by atoms with van der Waals surface area (Å²) in [6.45, 7) is 0. The van der Waals surface area contributed by atoms with Gasteiger partial charge in [0.2, 0.25) is 0 Å². The summed E-state index contributed by atoms with van der Waals surface area (Å²) in [5.41, 5.74) is -0.676. The second-order valence-corrected chi connectivity index (χ2v) is 3.05. The molecule has 0 saturated heterocycles. The van der Waals surface area contributed by atoms with Crippen LogP contribution in [0, 0.1) is 10.1 Å². The molecule has 0 unspecified atom stereocenters. The summed E-state index contributed by atoms with van der Waals surface area (Å²) in [7, 11) is 0. The molecule has 5 nitrogen and oxygen atoms in total. The van der Waals surface area contributed by atoms with Crippen LogP contribution in [0.15, 0.2) is 24.5 Å². The van der Waals surface area contributed by atoms with Crippen molar-refractivity contribution in [2.45, 2.75) is 0 Å². The van der Waals surface area contributed by atoms with Crippen molar-refractivity contribution in [3.05, 3.63) is 45.2 Å². The Morgan fingerprint density at radius 2 is 2.13 bits per heavy atom. The summed E-state index contributed by atoms with van der Waals surface area (Å²) in [4.78, 5) is 20.4. The average molecular weight is 227 g/mol. The predicted molar refractivity (Wildman–Crippen MR) is 52.1 cm³/mol. The van der Waals surface area contributed by atoms with Crippen LogP contribution in [0.1, 0.15) is 5.56 Å². The third-order valence-corrected chi connectivity index (χ3v) is 1.96. The second kappa shape index (κ2) is 4.56. The minimum atomic E-state index is -0.700. The number of hydrogen-bond acceptors (Lipinski definition) is 4. The molecule has 1 aromatic carbocycles. The van der Waals surface area contributed by atoms with Gasteiger partial charge >= 0.3 is 0 Å². The van der Waals surface area contributed by atoms with Gasteiger partial charge in [0.1, 0.15) is 6.29 Å². The SMILES string of the molecule is O=C/C(=C/[O-])c1ccc(Cl)cc1[N+](=O)[O-]. The zero-order valence-electron chi connectivity index (χ0n) is 7.34. The summed E-state index contributed by atoms with van der Waals surface area (Å²) < 4.78 is 0. The Balaban J connectivity index is 3.41. The van der Waals surface area contributed by atoms with E-state index in [1.165, 1.54) is 12.1 Å². The first kappa shape index (κ1) is 11.2. The van der Waals surface area contributed by atoms with Crippen LogP contribution in [-0.4, -0.2) is 11.2 Å². The standard InChI is InChI=1S/C9H6ClNO4/c10-7-1-2-8(6(4-12)5-13)9(3-7)11(14)15/h1-5,12H/p-1/b6-4-. The molecule has 0 spiro atoms. The molecule has 0 aliphatic heterocycles. The van der Waals surface area contributed by atoms with Gasteiger partial charge in [-0.05, 0) is 12.1 Å². The highest BCUT2D eigenvalue weighted by Crippen LogP contribution is 2.27. The van der Waals surface area contributed by atoms with E-state index >= 15 is 0 Å². The third kappa shape index (κ3) is 2.32. The molecule has 6 heteroatoms. The van der Waals surface area contributed by atoms with E-state index in [2.05, 4.69) is 0 Å². The van der Waals surface area contributed by atoms with Crippen molar-refractivity contribution in [3.63, 3.8) is 0 Å². The Hall–Kier alpha value is -1.88. The zero-order valence-corrected chi connectivity index (χ0v) is 8.10. The molecular weight excluding hydrogens is 222 g/mol. The predicted octanol–water partition coefficient (Wildman–Crippen LogP) is 1.15. The summed E-state index contributed by atoms with van der Waals surface area (Å²) in [6.07, 6.45) is 0.534. The number of carbonyl (C=O) groups is 1. The molecule has 15 heavy (non-hydrogen) atoms. The van der Waals surface area contributed by atoms with Crippen LogP contribution in [0.4, 0.5) is 5.69 Å². The maximum atomic E-state index is 10.6. The summed E-state index contributed by atoms with van der Waals surface area (Å²) in [6, 6.07) is 3.72. The largest absolute Gasteiger partial charge is 0.877 e. The molecular formula is C9H5ClNO4-. The van der Waals surface area contributed by atoms with Crippen LogP contribution < -0.4 is 5.11 Å². The fourth-order valence-electron chi connectivity index (χ4n) is 1.05. The fraction of sp³-hybridized carbons (Fsp3) is 0. The molecule has 0 saturated carbocycles. The number of nitro groups is 1. The van der Waals surface area contributed by atoms with Gasteiger partial charge in [0.15, 0.2) is 0 Å². The van der Waals surface area contributed by atoms with Crippen molar-refractivity contribution in [2.75, 3.05) is 0 Å². The molecule has 0 bridgehead atoms. The molecule has 1 aromatic rings. The number of allylic oxidation sites excluding steroid dienone is 1. The smallest absolute Gasteiger partial charge is 0.278 e. The van der Waals surface area contributed by atoms with Gasteiger partial charge in [0.05, 0.1) is 10.5 Å². The highest BCUT2D eigenvalue weighted by Gasteiger charge is 2.16. The number of hydrogen-bond donors (Lipinski definition) is 0. The van der Waals surface area contributed by atoms with Crippen molar-refractivity contribution in [3.8, 4) is 0 Å². The van der Waals surface area contributed by atoms with Gasteiger partial charge in [-0.25, -0.2) is 0 Å². The molecule has 0 heterocycles. The minimum Gasteiger partial charge on any atom is -0.877 e. The number of carbonyl (C=O) groups excluding carboxylic acids is 1. The Labute approximate surface area is 89.7 Å².